The fraction of sp³-hybridized carbons (Fsp3) is 0.200. The lowest BCUT2D eigenvalue weighted by atomic mass is 9.81. The molecule has 0 bridgehead atoms. The van der Waals surface area contributed by atoms with E-state index in [0.717, 1.165) is 24.3 Å². The first-order valence-electron chi connectivity index (χ1n) is 11.0. The van der Waals surface area contributed by atoms with Crippen molar-refractivity contribution in [2.45, 2.75) is 25.2 Å². The molecule has 0 saturated carbocycles. The molecule has 4 rings (SSSR count). The number of alkyl halides is 3. The van der Waals surface area contributed by atoms with Gasteiger partial charge in [0.15, 0.2) is 11.6 Å². The van der Waals surface area contributed by atoms with E-state index in [1.807, 2.05) is 0 Å². The maximum absolute atomic E-state index is 14.8. The molecule has 1 atom stereocenters. The first kappa shape index (κ1) is 26.4. The van der Waals surface area contributed by atoms with E-state index in [2.05, 4.69) is 20.4 Å². The number of carboxylic acids is 1. The van der Waals surface area contributed by atoms with Crippen molar-refractivity contribution >= 4 is 23.5 Å². The van der Waals surface area contributed by atoms with Crippen LogP contribution in [0.2, 0.25) is 0 Å². The fourth-order valence-electron chi connectivity index (χ4n) is 4.14. The van der Waals surface area contributed by atoms with Crippen molar-refractivity contribution < 1.29 is 46.5 Å². The molecule has 38 heavy (non-hydrogen) atoms. The van der Waals surface area contributed by atoms with Gasteiger partial charge < -0.3 is 25.2 Å². The zero-order valence-corrected chi connectivity index (χ0v) is 19.6. The molecule has 1 aromatic heterocycles. The van der Waals surface area contributed by atoms with Gasteiger partial charge in [-0.3, -0.25) is 14.6 Å². The lowest BCUT2D eigenvalue weighted by Crippen LogP contribution is -2.50. The van der Waals surface area contributed by atoms with Gasteiger partial charge >= 0.3 is 12.3 Å². The number of rotatable bonds is 6. The van der Waals surface area contributed by atoms with Crippen LogP contribution in [0.25, 0.3) is 0 Å². The average molecular weight is 533 g/mol. The topological polar surface area (TPSA) is 127 Å². The van der Waals surface area contributed by atoms with Gasteiger partial charge in [0, 0.05) is 25.1 Å². The van der Waals surface area contributed by atoms with Gasteiger partial charge in [0.2, 0.25) is 5.91 Å². The molecule has 13 heteroatoms. The van der Waals surface area contributed by atoms with Gasteiger partial charge in [0.1, 0.15) is 17.0 Å². The molecule has 2 aromatic carbocycles. The molecule has 2 heterocycles. The molecule has 0 fully saturated rings. The number of carboxylic acid groups (broad SMARTS) is 1. The summed E-state index contributed by atoms with van der Waals surface area (Å²) in [6, 6.07) is 9.42. The number of benzene rings is 2. The number of halogens is 4. The SMILES string of the molecule is CC(=O)Nc1cc(C(=O)N[C@]2(c3ccc(OC(F)(F)F)c(F)c3)CCOc3cccnc32)ccc1C(=O)O. The Kier molecular flexibility index (Phi) is 6.94. The van der Waals surface area contributed by atoms with Crippen LogP contribution in [0.5, 0.6) is 11.5 Å². The molecule has 1 aliphatic rings. The highest BCUT2D eigenvalue weighted by molar-refractivity contribution is 6.03. The van der Waals surface area contributed by atoms with Crippen molar-refractivity contribution in [2.24, 2.45) is 0 Å². The lowest BCUT2D eigenvalue weighted by molar-refractivity contribution is -0.275. The van der Waals surface area contributed by atoms with Gasteiger partial charge in [-0.25, -0.2) is 9.18 Å². The summed E-state index contributed by atoms with van der Waals surface area (Å²) < 4.78 is 62.1. The Balaban J connectivity index is 1.80. The Morgan fingerprint density at radius 1 is 1.13 bits per heavy atom. The van der Waals surface area contributed by atoms with Crippen LogP contribution in [-0.4, -0.2) is 40.8 Å². The number of aromatic nitrogens is 1. The number of ether oxygens (including phenoxy) is 2. The summed E-state index contributed by atoms with van der Waals surface area (Å²) in [6.45, 7) is 1.20. The predicted octanol–water partition coefficient (Wildman–Crippen LogP) is 4.23. The highest BCUT2D eigenvalue weighted by Gasteiger charge is 2.43. The van der Waals surface area contributed by atoms with Crippen LogP contribution in [0.1, 0.15) is 45.3 Å². The summed E-state index contributed by atoms with van der Waals surface area (Å²) in [4.78, 5) is 40.8. The van der Waals surface area contributed by atoms with E-state index >= 15 is 0 Å². The van der Waals surface area contributed by atoms with Crippen LogP contribution in [0, 0.1) is 5.82 Å². The number of carbonyl (C=O) groups excluding carboxylic acids is 2. The average Bonchev–Trinajstić information content (AvgIpc) is 2.84. The summed E-state index contributed by atoms with van der Waals surface area (Å²) in [7, 11) is 0. The number of hydrogen-bond acceptors (Lipinski definition) is 6. The zero-order chi connectivity index (χ0) is 27.7. The van der Waals surface area contributed by atoms with Gasteiger partial charge in [-0.2, -0.15) is 0 Å². The second-order valence-electron chi connectivity index (χ2n) is 8.25. The Hall–Kier alpha value is -4.68. The van der Waals surface area contributed by atoms with Gasteiger partial charge in [-0.15, -0.1) is 13.2 Å². The van der Waals surface area contributed by atoms with Gasteiger partial charge in [-0.05, 0) is 48.0 Å². The largest absolute Gasteiger partial charge is 0.573 e. The van der Waals surface area contributed by atoms with E-state index in [1.54, 1.807) is 12.1 Å². The van der Waals surface area contributed by atoms with Crippen LogP contribution in [-0.2, 0) is 10.3 Å². The third-order valence-corrected chi connectivity index (χ3v) is 5.71. The summed E-state index contributed by atoms with van der Waals surface area (Å²) in [5.41, 5.74) is -1.76. The highest BCUT2D eigenvalue weighted by atomic mass is 19.4. The van der Waals surface area contributed by atoms with Crippen LogP contribution < -0.4 is 20.1 Å². The second-order valence-corrected chi connectivity index (χ2v) is 8.25. The minimum absolute atomic E-state index is 0.0213. The minimum Gasteiger partial charge on any atom is -0.491 e. The number of amides is 2. The lowest BCUT2D eigenvalue weighted by Gasteiger charge is -2.39. The molecule has 2 amide bonds. The van der Waals surface area contributed by atoms with Crippen molar-refractivity contribution in [1.82, 2.24) is 10.3 Å². The van der Waals surface area contributed by atoms with Gasteiger partial charge in [-0.1, -0.05) is 6.07 Å². The Morgan fingerprint density at radius 3 is 2.55 bits per heavy atom. The van der Waals surface area contributed by atoms with Crippen LogP contribution >= 0.6 is 0 Å². The molecular formula is C25H19F4N3O6. The first-order chi connectivity index (χ1) is 17.9. The molecule has 9 nitrogen and oxygen atoms in total. The number of pyridine rings is 1. The molecule has 198 valence electrons. The van der Waals surface area contributed by atoms with E-state index < -0.39 is 41.3 Å². The normalized spacial score (nSPS) is 16.6. The second kappa shape index (κ2) is 10.00. The molecule has 0 aliphatic carbocycles. The molecule has 3 aromatic rings. The van der Waals surface area contributed by atoms with Crippen molar-refractivity contribution in [2.75, 3.05) is 11.9 Å². The fourth-order valence-corrected chi connectivity index (χ4v) is 4.14. The Morgan fingerprint density at radius 2 is 1.89 bits per heavy atom. The van der Waals surface area contributed by atoms with Crippen molar-refractivity contribution in [1.29, 1.82) is 0 Å². The van der Waals surface area contributed by atoms with E-state index in [4.69, 9.17) is 4.74 Å². The monoisotopic (exact) mass is 533 g/mol. The molecule has 1 aliphatic heterocycles. The van der Waals surface area contributed by atoms with Crippen molar-refractivity contribution in [3.8, 4) is 11.5 Å². The number of nitrogens with one attached hydrogen (secondary N) is 2. The number of hydrogen-bond donors (Lipinski definition) is 3. The summed E-state index contributed by atoms with van der Waals surface area (Å²) in [6.07, 6.45) is -3.69. The van der Waals surface area contributed by atoms with E-state index in [-0.39, 0.29) is 46.8 Å². The number of fused-ring (bicyclic) bond motifs is 1. The molecule has 0 saturated heterocycles. The molecular weight excluding hydrogens is 514 g/mol. The van der Waals surface area contributed by atoms with Gasteiger partial charge in [0.05, 0.1) is 17.9 Å². The summed E-state index contributed by atoms with van der Waals surface area (Å²) >= 11 is 0. The maximum Gasteiger partial charge on any atom is 0.573 e. The van der Waals surface area contributed by atoms with Crippen molar-refractivity contribution in [3.05, 3.63) is 82.9 Å². The van der Waals surface area contributed by atoms with Gasteiger partial charge in [0.25, 0.3) is 5.91 Å². The van der Waals surface area contributed by atoms with Crippen LogP contribution in [0.3, 0.4) is 0 Å². The maximum atomic E-state index is 14.8. The van der Waals surface area contributed by atoms with Crippen LogP contribution in [0.4, 0.5) is 23.2 Å². The van der Waals surface area contributed by atoms with E-state index in [1.165, 1.54) is 25.3 Å². The number of aromatic carboxylic acids is 1. The highest BCUT2D eigenvalue weighted by Crippen LogP contribution is 2.42. The quantitative estimate of drug-likeness (QED) is 0.405. The molecule has 3 N–H and O–H groups in total. The Bertz CT molecular complexity index is 1430. The molecule has 0 spiro atoms. The summed E-state index contributed by atoms with van der Waals surface area (Å²) in [5, 5.41) is 14.5. The third-order valence-electron chi connectivity index (χ3n) is 5.71. The number of carbonyl (C=O) groups is 3. The van der Waals surface area contributed by atoms with E-state index in [0.29, 0.717) is 0 Å². The minimum atomic E-state index is -5.12. The van der Waals surface area contributed by atoms with Crippen molar-refractivity contribution in [3.63, 3.8) is 0 Å². The zero-order valence-electron chi connectivity index (χ0n) is 19.6. The first-order valence-corrected chi connectivity index (χ1v) is 11.0. The smallest absolute Gasteiger partial charge is 0.491 e. The summed E-state index contributed by atoms with van der Waals surface area (Å²) in [5.74, 6) is -4.79. The Labute approximate surface area is 212 Å². The number of nitrogens with zero attached hydrogens (tertiary/aromatic N) is 1. The predicted molar refractivity (Wildman–Crippen MR) is 123 cm³/mol. The van der Waals surface area contributed by atoms with Crippen LogP contribution in [0.15, 0.2) is 54.7 Å². The molecule has 0 unspecified atom stereocenters. The standard InChI is InChI=1S/C25H19F4N3O6/c1-13(33)31-18-11-14(4-6-16(18)23(35)36)22(34)32-24(8-10-37-20-3-2-9-30-21(20)24)15-5-7-19(17(26)12-15)38-25(27,28)29/h2-7,9,11-12H,8,10H2,1H3,(H,31,33)(H,32,34)(H,35,36)/t24-/m0/s1. The third kappa shape index (κ3) is 5.36. The molecule has 0 radical (unpaired) electrons. The number of anilines is 1. The van der Waals surface area contributed by atoms with E-state index in [9.17, 15) is 37.1 Å².